The highest BCUT2D eigenvalue weighted by Crippen LogP contribution is 2.40. The number of aliphatic hydroxyl groups excluding tert-OH is 1. The molecule has 2 aromatic heterocycles. The van der Waals surface area contributed by atoms with Crippen LogP contribution in [0.15, 0.2) is 54.2 Å². The summed E-state index contributed by atoms with van der Waals surface area (Å²) in [6, 6.07) is 12.8. The van der Waals surface area contributed by atoms with E-state index in [1.165, 1.54) is 5.56 Å². The van der Waals surface area contributed by atoms with Crippen molar-refractivity contribution in [2.45, 2.75) is 32.7 Å². The number of aryl methyl sites for hydroxylation is 2. The van der Waals surface area contributed by atoms with Crippen LogP contribution in [0, 0.1) is 6.92 Å². The highest BCUT2D eigenvalue weighted by molar-refractivity contribution is 6.46. The first-order chi connectivity index (χ1) is 17.5. The van der Waals surface area contributed by atoms with Crippen molar-refractivity contribution in [1.82, 2.24) is 19.2 Å². The molecule has 0 bridgehead atoms. The van der Waals surface area contributed by atoms with Gasteiger partial charge in [0.25, 0.3) is 11.7 Å². The summed E-state index contributed by atoms with van der Waals surface area (Å²) in [5, 5.41) is 11.6. The van der Waals surface area contributed by atoms with Crippen LogP contribution in [0.3, 0.4) is 0 Å². The van der Waals surface area contributed by atoms with E-state index in [0.29, 0.717) is 36.8 Å². The first kappa shape index (κ1) is 24.2. The van der Waals surface area contributed by atoms with E-state index in [-0.39, 0.29) is 11.3 Å². The number of hydrogen-bond acceptors (Lipinski definition) is 6. The Balaban J connectivity index is 1.55. The lowest BCUT2D eigenvalue weighted by Crippen LogP contribution is -2.38. The number of benzene rings is 1. The van der Waals surface area contributed by atoms with Gasteiger partial charge in [-0.1, -0.05) is 37.3 Å². The molecule has 0 spiro atoms. The van der Waals surface area contributed by atoms with Gasteiger partial charge in [-0.05, 0) is 43.0 Å². The number of likely N-dealkylation sites (tertiary alicyclic amines) is 1. The molecule has 2 aliphatic heterocycles. The molecule has 36 heavy (non-hydrogen) atoms. The Morgan fingerprint density at radius 3 is 2.56 bits per heavy atom. The van der Waals surface area contributed by atoms with Crippen LogP contribution in [0.25, 0.3) is 11.4 Å². The summed E-state index contributed by atoms with van der Waals surface area (Å²) in [4.78, 5) is 35.2. The van der Waals surface area contributed by atoms with Gasteiger partial charge in [0, 0.05) is 32.4 Å². The number of amides is 1. The minimum atomic E-state index is -0.659. The SMILES string of the molecule is CCc1ccc(C2C(=C(O)c3c(C)nc4ccccn34)C(=O)C(=O)N2CCCN2CCOCC2)cc1. The Morgan fingerprint density at radius 2 is 1.83 bits per heavy atom. The Hall–Kier alpha value is -3.49. The molecular weight excluding hydrogens is 456 g/mol. The number of aromatic nitrogens is 2. The largest absolute Gasteiger partial charge is 0.505 e. The summed E-state index contributed by atoms with van der Waals surface area (Å²) >= 11 is 0. The Labute approximate surface area is 210 Å². The van der Waals surface area contributed by atoms with Gasteiger partial charge >= 0.3 is 0 Å². The van der Waals surface area contributed by atoms with Crippen molar-refractivity contribution in [2.24, 2.45) is 0 Å². The number of imidazole rings is 1. The molecule has 2 saturated heterocycles. The van der Waals surface area contributed by atoms with Crippen molar-refractivity contribution >= 4 is 23.1 Å². The van der Waals surface area contributed by atoms with Crippen molar-refractivity contribution in [3.8, 4) is 0 Å². The predicted octanol–water partition coefficient (Wildman–Crippen LogP) is 3.35. The van der Waals surface area contributed by atoms with Crippen LogP contribution < -0.4 is 0 Å². The monoisotopic (exact) mass is 488 g/mol. The number of fused-ring (bicyclic) bond motifs is 1. The summed E-state index contributed by atoms with van der Waals surface area (Å²) in [6.07, 6.45) is 3.42. The lowest BCUT2D eigenvalue weighted by atomic mass is 9.95. The van der Waals surface area contributed by atoms with Crippen LogP contribution in [0.1, 0.15) is 41.9 Å². The molecule has 3 aromatic rings. The molecule has 1 aromatic carbocycles. The molecule has 1 atom stereocenters. The second-order valence-corrected chi connectivity index (χ2v) is 9.37. The van der Waals surface area contributed by atoms with Gasteiger partial charge in [-0.15, -0.1) is 0 Å². The molecule has 0 radical (unpaired) electrons. The van der Waals surface area contributed by atoms with Crippen molar-refractivity contribution in [1.29, 1.82) is 0 Å². The normalized spacial score (nSPS) is 20.5. The number of Topliss-reactive ketones (excluding diaryl/α,β-unsaturated/α-hetero) is 1. The highest BCUT2D eigenvalue weighted by Gasteiger charge is 2.46. The fraction of sp³-hybridized carbons (Fsp3) is 0.393. The lowest BCUT2D eigenvalue weighted by molar-refractivity contribution is -0.140. The van der Waals surface area contributed by atoms with Gasteiger partial charge in [0.05, 0.1) is 30.5 Å². The number of carbonyl (C=O) groups is 2. The van der Waals surface area contributed by atoms with Gasteiger partial charge < -0.3 is 14.7 Å². The summed E-state index contributed by atoms with van der Waals surface area (Å²) in [5.74, 6) is -1.42. The fourth-order valence-corrected chi connectivity index (χ4v) is 5.21. The van der Waals surface area contributed by atoms with E-state index in [4.69, 9.17) is 4.74 Å². The summed E-state index contributed by atoms with van der Waals surface area (Å²) in [6.45, 7) is 8.29. The smallest absolute Gasteiger partial charge is 0.295 e. The molecule has 1 N–H and O–H groups in total. The van der Waals surface area contributed by atoms with Crippen LogP contribution in [-0.2, 0) is 20.7 Å². The molecule has 0 saturated carbocycles. The zero-order valence-corrected chi connectivity index (χ0v) is 20.8. The average molecular weight is 489 g/mol. The predicted molar refractivity (Wildman–Crippen MR) is 137 cm³/mol. The van der Waals surface area contributed by atoms with E-state index < -0.39 is 17.7 Å². The number of ether oxygens (including phenoxy) is 1. The molecule has 1 unspecified atom stereocenters. The van der Waals surface area contributed by atoms with Gasteiger partial charge in [-0.25, -0.2) is 4.98 Å². The molecule has 5 rings (SSSR count). The number of rotatable bonds is 7. The van der Waals surface area contributed by atoms with Crippen molar-refractivity contribution in [3.63, 3.8) is 0 Å². The van der Waals surface area contributed by atoms with Gasteiger partial charge in [0.15, 0.2) is 5.76 Å². The maximum Gasteiger partial charge on any atom is 0.295 e. The molecule has 0 aliphatic carbocycles. The van der Waals surface area contributed by atoms with Crippen molar-refractivity contribution in [2.75, 3.05) is 39.4 Å². The standard InChI is InChI=1S/C28H32N4O4/c1-3-20-8-10-21(11-9-20)25-23(26(33)24-19(2)29-22-7-4-5-13-31(22)24)27(34)28(35)32(25)14-6-12-30-15-17-36-18-16-30/h4-5,7-11,13,25,33H,3,6,12,14-18H2,1-2H3. The maximum absolute atomic E-state index is 13.4. The van der Waals surface area contributed by atoms with Crippen LogP contribution in [0.5, 0.6) is 0 Å². The fourth-order valence-electron chi connectivity index (χ4n) is 5.21. The quantitative estimate of drug-likeness (QED) is 0.312. The van der Waals surface area contributed by atoms with E-state index in [0.717, 1.165) is 38.0 Å². The number of carbonyl (C=O) groups excluding carboxylic acids is 2. The van der Waals surface area contributed by atoms with Gasteiger partial charge in [0.1, 0.15) is 11.3 Å². The van der Waals surface area contributed by atoms with E-state index in [9.17, 15) is 14.7 Å². The minimum absolute atomic E-state index is 0.115. The molecule has 2 fully saturated rings. The van der Waals surface area contributed by atoms with Crippen LogP contribution in [0.4, 0.5) is 0 Å². The molecule has 8 nitrogen and oxygen atoms in total. The first-order valence-corrected chi connectivity index (χ1v) is 12.6. The number of ketones is 1. The van der Waals surface area contributed by atoms with E-state index >= 15 is 0 Å². The molecule has 4 heterocycles. The van der Waals surface area contributed by atoms with Crippen LogP contribution in [0.2, 0.25) is 0 Å². The minimum Gasteiger partial charge on any atom is -0.505 e. The van der Waals surface area contributed by atoms with E-state index in [1.54, 1.807) is 22.4 Å². The summed E-state index contributed by atoms with van der Waals surface area (Å²) < 4.78 is 7.19. The van der Waals surface area contributed by atoms with Gasteiger partial charge in [-0.2, -0.15) is 0 Å². The van der Waals surface area contributed by atoms with Crippen molar-refractivity contribution in [3.05, 3.63) is 76.7 Å². The number of morpholine rings is 1. The molecule has 188 valence electrons. The zero-order valence-electron chi connectivity index (χ0n) is 20.8. The third kappa shape index (κ3) is 4.42. The Kier molecular flexibility index (Phi) is 6.89. The van der Waals surface area contributed by atoms with Gasteiger partial charge in [-0.3, -0.25) is 18.9 Å². The number of nitrogens with zero attached hydrogens (tertiary/aromatic N) is 4. The van der Waals surface area contributed by atoms with Crippen LogP contribution >= 0.6 is 0 Å². The second kappa shape index (κ2) is 10.2. The average Bonchev–Trinajstić information content (AvgIpc) is 3.37. The number of hydrogen-bond donors (Lipinski definition) is 1. The summed E-state index contributed by atoms with van der Waals surface area (Å²) in [5.41, 5.74) is 3.79. The molecule has 8 heteroatoms. The Morgan fingerprint density at radius 1 is 1.08 bits per heavy atom. The third-order valence-corrected chi connectivity index (χ3v) is 7.15. The van der Waals surface area contributed by atoms with Crippen molar-refractivity contribution < 1.29 is 19.4 Å². The topological polar surface area (TPSA) is 87.4 Å². The summed E-state index contributed by atoms with van der Waals surface area (Å²) in [7, 11) is 0. The van der Waals surface area contributed by atoms with Crippen LogP contribution in [-0.4, -0.2) is 75.4 Å². The lowest BCUT2D eigenvalue weighted by Gasteiger charge is -2.29. The third-order valence-electron chi connectivity index (χ3n) is 7.15. The molecular formula is C28H32N4O4. The Bertz CT molecular complexity index is 1300. The molecule has 2 aliphatic rings. The maximum atomic E-state index is 13.4. The molecule has 1 amide bonds. The second-order valence-electron chi connectivity index (χ2n) is 9.37. The number of aliphatic hydroxyl groups is 1. The first-order valence-electron chi connectivity index (χ1n) is 12.6. The van der Waals surface area contributed by atoms with E-state index in [2.05, 4.69) is 16.8 Å². The zero-order chi connectivity index (χ0) is 25.2. The van der Waals surface area contributed by atoms with Gasteiger partial charge in [0.2, 0.25) is 0 Å². The number of pyridine rings is 1. The highest BCUT2D eigenvalue weighted by atomic mass is 16.5. The van der Waals surface area contributed by atoms with E-state index in [1.807, 2.05) is 42.5 Å².